The van der Waals surface area contributed by atoms with Gasteiger partial charge in [-0.3, -0.25) is 9.67 Å². The van der Waals surface area contributed by atoms with E-state index in [9.17, 15) is 4.79 Å². The Hall–Kier alpha value is -1.10. The van der Waals surface area contributed by atoms with E-state index < -0.39 is 0 Å². The Morgan fingerprint density at radius 1 is 1.58 bits per heavy atom. The predicted octanol–water partition coefficient (Wildman–Crippen LogP) is 1.20. The van der Waals surface area contributed by atoms with E-state index in [4.69, 9.17) is 12.2 Å². The minimum atomic E-state index is -0.197. The molecule has 0 saturated carbocycles. The quantitative estimate of drug-likeness (QED) is 0.537. The topological polar surface area (TPSA) is 53.6 Å². The lowest BCUT2D eigenvalue weighted by Gasteiger charge is -1.93. The Morgan fingerprint density at radius 3 is 2.67 bits per heavy atom. The highest BCUT2D eigenvalue weighted by Crippen LogP contribution is 1.90. The zero-order chi connectivity index (χ0) is 9.14. The number of rotatable bonds is 2. The van der Waals surface area contributed by atoms with E-state index in [2.05, 4.69) is 10.2 Å². The molecule has 0 unspecified atom stereocenters. The number of hydrogen-bond acceptors (Lipinski definition) is 2. The van der Waals surface area contributed by atoms with Crippen molar-refractivity contribution in [2.45, 2.75) is 20.4 Å². The summed E-state index contributed by atoms with van der Waals surface area (Å²) in [5.74, 6) is 0. The van der Waals surface area contributed by atoms with E-state index in [1.807, 2.05) is 19.9 Å². The van der Waals surface area contributed by atoms with Crippen LogP contribution in [-0.4, -0.2) is 14.8 Å². The zero-order valence-corrected chi connectivity index (χ0v) is 7.86. The Labute approximate surface area is 74.9 Å². The molecule has 5 heteroatoms. The average molecular weight is 185 g/mol. The third kappa shape index (κ3) is 1.94. The molecule has 1 aromatic heterocycles. The van der Waals surface area contributed by atoms with Gasteiger partial charge < -0.3 is 0 Å². The number of aromatic amines is 2. The van der Waals surface area contributed by atoms with Crippen LogP contribution in [0.2, 0.25) is 0 Å². The lowest BCUT2D eigenvalue weighted by Crippen LogP contribution is -2.16. The zero-order valence-electron chi connectivity index (χ0n) is 7.05. The predicted molar refractivity (Wildman–Crippen MR) is 49.7 cm³/mol. The van der Waals surface area contributed by atoms with E-state index in [0.717, 1.165) is 5.57 Å². The van der Waals surface area contributed by atoms with Crippen molar-refractivity contribution in [3.05, 3.63) is 26.9 Å². The maximum absolute atomic E-state index is 11.0. The van der Waals surface area contributed by atoms with Crippen LogP contribution in [0.25, 0.3) is 0 Å². The smallest absolute Gasteiger partial charge is 0.272 e. The van der Waals surface area contributed by atoms with Crippen LogP contribution in [0, 0.1) is 4.77 Å². The number of hydrogen-bond donors (Lipinski definition) is 2. The van der Waals surface area contributed by atoms with Crippen molar-refractivity contribution in [3.8, 4) is 0 Å². The molecule has 0 aliphatic heterocycles. The number of allylic oxidation sites excluding steroid dienone is 2. The maximum Gasteiger partial charge on any atom is 0.342 e. The highest BCUT2D eigenvalue weighted by molar-refractivity contribution is 7.71. The van der Waals surface area contributed by atoms with Crippen molar-refractivity contribution in [1.82, 2.24) is 14.8 Å². The van der Waals surface area contributed by atoms with Crippen LogP contribution in [-0.2, 0) is 6.54 Å². The summed E-state index contributed by atoms with van der Waals surface area (Å²) in [5.41, 5.74) is 0.968. The first-order valence-corrected chi connectivity index (χ1v) is 4.03. The number of nitrogens with one attached hydrogen (secondary N) is 2. The molecule has 2 N–H and O–H groups in total. The monoisotopic (exact) mass is 185 g/mol. The molecule has 1 heterocycles. The number of aromatic nitrogens is 3. The van der Waals surface area contributed by atoms with Crippen molar-refractivity contribution in [3.63, 3.8) is 0 Å². The number of nitrogens with zero attached hydrogens (tertiary/aromatic N) is 1. The van der Waals surface area contributed by atoms with Crippen molar-refractivity contribution in [2.24, 2.45) is 0 Å². The van der Waals surface area contributed by atoms with Gasteiger partial charge in [-0.2, -0.15) is 0 Å². The fourth-order valence-corrected chi connectivity index (χ4v) is 0.982. The summed E-state index contributed by atoms with van der Waals surface area (Å²) >= 11 is 4.87. The van der Waals surface area contributed by atoms with E-state index in [1.54, 1.807) is 0 Å². The van der Waals surface area contributed by atoms with E-state index >= 15 is 0 Å². The maximum atomic E-state index is 11.0. The molecule has 0 atom stereocenters. The Kier molecular flexibility index (Phi) is 2.65. The molecule has 0 spiro atoms. The highest BCUT2D eigenvalue weighted by atomic mass is 32.1. The minimum Gasteiger partial charge on any atom is -0.272 e. The average Bonchev–Trinajstić information content (AvgIpc) is 2.28. The van der Waals surface area contributed by atoms with Gasteiger partial charge in [0.2, 0.25) is 0 Å². The van der Waals surface area contributed by atoms with Gasteiger partial charge in [0.1, 0.15) is 0 Å². The summed E-state index contributed by atoms with van der Waals surface area (Å²) in [6, 6.07) is 0. The molecular formula is C7H11N3OS. The van der Waals surface area contributed by atoms with Crippen LogP contribution < -0.4 is 5.69 Å². The first-order valence-electron chi connectivity index (χ1n) is 3.62. The second-order valence-electron chi connectivity index (χ2n) is 2.75. The van der Waals surface area contributed by atoms with E-state index in [-0.39, 0.29) is 5.69 Å². The Balaban J connectivity index is 2.97. The van der Waals surface area contributed by atoms with Crippen molar-refractivity contribution in [1.29, 1.82) is 0 Å². The Morgan fingerprint density at radius 2 is 2.25 bits per heavy atom. The van der Waals surface area contributed by atoms with Crippen LogP contribution >= 0.6 is 12.2 Å². The molecule has 12 heavy (non-hydrogen) atoms. The van der Waals surface area contributed by atoms with Crippen LogP contribution in [0.15, 0.2) is 16.4 Å². The molecule has 0 saturated heterocycles. The van der Waals surface area contributed by atoms with Gasteiger partial charge >= 0.3 is 5.69 Å². The molecule has 0 amide bonds. The third-order valence-electron chi connectivity index (χ3n) is 1.45. The van der Waals surface area contributed by atoms with Gasteiger partial charge in [-0.25, -0.2) is 9.89 Å². The molecule has 0 aliphatic rings. The Bertz CT molecular complexity index is 364. The van der Waals surface area contributed by atoms with Gasteiger partial charge in [0.25, 0.3) is 0 Å². The van der Waals surface area contributed by atoms with Crippen molar-refractivity contribution in [2.75, 3.05) is 0 Å². The summed E-state index contributed by atoms with van der Waals surface area (Å²) in [7, 11) is 0. The summed E-state index contributed by atoms with van der Waals surface area (Å²) in [4.78, 5) is 11.0. The van der Waals surface area contributed by atoms with Gasteiger partial charge in [0, 0.05) is 6.54 Å². The standard InChI is InChI=1S/C7H11N3OS/c1-5(2)3-4-10-6(11)8-9-7(10)12/h3H,4H2,1-2H3,(H,8,11)(H,9,12). The first kappa shape index (κ1) is 8.99. The summed E-state index contributed by atoms with van der Waals surface area (Å²) in [6.07, 6.45) is 1.94. The largest absolute Gasteiger partial charge is 0.342 e. The van der Waals surface area contributed by atoms with Gasteiger partial charge in [0.05, 0.1) is 0 Å². The minimum absolute atomic E-state index is 0.197. The van der Waals surface area contributed by atoms with Crippen LogP contribution in [0.3, 0.4) is 0 Å². The van der Waals surface area contributed by atoms with Gasteiger partial charge in [-0.05, 0) is 26.1 Å². The van der Waals surface area contributed by atoms with Gasteiger partial charge in [0.15, 0.2) is 4.77 Å². The van der Waals surface area contributed by atoms with Crippen molar-refractivity contribution >= 4 is 12.2 Å². The molecule has 0 aromatic carbocycles. The van der Waals surface area contributed by atoms with Gasteiger partial charge in [-0.15, -0.1) is 0 Å². The second-order valence-corrected chi connectivity index (χ2v) is 3.14. The molecule has 4 nitrogen and oxygen atoms in total. The molecule has 66 valence electrons. The SMILES string of the molecule is CC(C)=CCn1c(=O)[nH][nH]c1=S. The highest BCUT2D eigenvalue weighted by Gasteiger charge is 1.95. The van der Waals surface area contributed by atoms with Crippen molar-refractivity contribution < 1.29 is 0 Å². The molecule has 0 aliphatic carbocycles. The molecule has 1 rings (SSSR count). The fraction of sp³-hybridized carbons (Fsp3) is 0.429. The summed E-state index contributed by atoms with van der Waals surface area (Å²) in [5, 5.41) is 4.98. The number of H-pyrrole nitrogens is 2. The lowest BCUT2D eigenvalue weighted by atomic mass is 10.3. The molecule has 0 radical (unpaired) electrons. The molecule has 0 bridgehead atoms. The third-order valence-corrected chi connectivity index (χ3v) is 1.77. The first-order chi connectivity index (χ1) is 5.61. The molecular weight excluding hydrogens is 174 g/mol. The van der Waals surface area contributed by atoms with E-state index in [0.29, 0.717) is 11.3 Å². The summed E-state index contributed by atoms with van der Waals surface area (Å²) in [6.45, 7) is 4.48. The lowest BCUT2D eigenvalue weighted by molar-refractivity contribution is 0.766. The van der Waals surface area contributed by atoms with E-state index in [1.165, 1.54) is 4.57 Å². The normalized spacial score (nSPS) is 9.83. The fourth-order valence-electron chi connectivity index (χ4n) is 0.774. The van der Waals surface area contributed by atoms with Crippen LogP contribution in [0.1, 0.15) is 13.8 Å². The van der Waals surface area contributed by atoms with Gasteiger partial charge in [-0.1, -0.05) is 11.6 Å². The molecule has 0 fully saturated rings. The second kappa shape index (κ2) is 3.53. The van der Waals surface area contributed by atoms with Crippen LogP contribution in [0.5, 0.6) is 0 Å². The molecule has 1 aromatic rings. The summed E-state index contributed by atoms with van der Waals surface area (Å²) < 4.78 is 1.89. The van der Waals surface area contributed by atoms with Crippen LogP contribution in [0.4, 0.5) is 0 Å².